The minimum atomic E-state index is -4.59. The molecule has 3 N–H and O–H groups in total. The van der Waals surface area contributed by atoms with Crippen LogP contribution in [0, 0.1) is 0 Å². The maximum atomic E-state index is 12.8. The van der Waals surface area contributed by atoms with Gasteiger partial charge in [0.25, 0.3) is 5.91 Å². The van der Waals surface area contributed by atoms with Gasteiger partial charge in [-0.1, -0.05) is 0 Å². The second-order valence-corrected chi connectivity index (χ2v) is 5.83. The third-order valence-corrected chi connectivity index (χ3v) is 3.96. The summed E-state index contributed by atoms with van der Waals surface area (Å²) in [7, 11) is 0. The number of primary amides is 1. The molecule has 2 heterocycles. The van der Waals surface area contributed by atoms with Gasteiger partial charge in [-0.3, -0.25) is 9.48 Å². The largest absolute Gasteiger partial charge is 0.435 e. The van der Waals surface area contributed by atoms with E-state index < -0.39 is 23.8 Å². The maximum absolute atomic E-state index is 12.8. The van der Waals surface area contributed by atoms with Crippen molar-refractivity contribution < 1.29 is 22.8 Å². The summed E-state index contributed by atoms with van der Waals surface area (Å²) < 4.78 is 39.7. The molecule has 1 atom stereocenters. The predicted molar refractivity (Wildman–Crippen MR) is 72.5 cm³/mol. The van der Waals surface area contributed by atoms with Crippen molar-refractivity contribution in [3.63, 3.8) is 0 Å². The van der Waals surface area contributed by atoms with Crippen LogP contribution in [0.5, 0.6) is 0 Å². The highest BCUT2D eigenvalue weighted by Crippen LogP contribution is 2.38. The van der Waals surface area contributed by atoms with Crippen molar-refractivity contribution >= 4 is 11.9 Å². The molecule has 1 saturated heterocycles. The Bertz CT molecular complexity index is 638. The molecule has 1 aliphatic heterocycles. The molecule has 10 heteroatoms. The summed E-state index contributed by atoms with van der Waals surface area (Å²) in [5, 5.41) is 6.06. The Morgan fingerprint density at radius 1 is 1.30 bits per heavy atom. The minimum Gasteiger partial charge on any atom is -0.352 e. The van der Waals surface area contributed by atoms with Crippen LogP contribution in [0.1, 0.15) is 41.5 Å². The Labute approximate surface area is 129 Å². The zero-order chi connectivity index (χ0) is 16.8. The van der Waals surface area contributed by atoms with E-state index in [1.165, 1.54) is 9.58 Å². The van der Waals surface area contributed by atoms with Crippen molar-refractivity contribution in [3.05, 3.63) is 17.5 Å². The van der Waals surface area contributed by atoms with E-state index in [0.29, 0.717) is 25.8 Å². The number of halogens is 3. The van der Waals surface area contributed by atoms with E-state index in [4.69, 9.17) is 5.73 Å². The Balaban J connectivity index is 1.79. The van der Waals surface area contributed by atoms with Crippen molar-refractivity contribution in [2.75, 3.05) is 13.1 Å². The molecule has 1 aliphatic carbocycles. The molecule has 0 radical (unpaired) electrons. The lowest BCUT2D eigenvalue weighted by Gasteiger charge is -2.17. The van der Waals surface area contributed by atoms with Crippen LogP contribution in [0.25, 0.3) is 0 Å². The van der Waals surface area contributed by atoms with Crippen molar-refractivity contribution in [2.45, 2.75) is 37.5 Å². The highest BCUT2D eigenvalue weighted by atomic mass is 19.4. The summed E-state index contributed by atoms with van der Waals surface area (Å²) >= 11 is 0. The van der Waals surface area contributed by atoms with E-state index >= 15 is 0 Å². The number of urea groups is 1. The number of alkyl halides is 3. The number of hydrogen-bond donors (Lipinski definition) is 2. The molecule has 2 aliphatic rings. The summed E-state index contributed by atoms with van der Waals surface area (Å²) in [6.07, 6.45) is -2.65. The summed E-state index contributed by atoms with van der Waals surface area (Å²) in [6, 6.07) is -0.315. The smallest absolute Gasteiger partial charge is 0.352 e. The quantitative estimate of drug-likeness (QED) is 0.869. The number of nitrogens with two attached hydrogens (primary N) is 1. The fourth-order valence-electron chi connectivity index (χ4n) is 2.72. The molecular weight excluding hydrogens is 315 g/mol. The van der Waals surface area contributed by atoms with Gasteiger partial charge in [-0.2, -0.15) is 18.3 Å². The van der Waals surface area contributed by atoms with Gasteiger partial charge in [0.15, 0.2) is 5.69 Å². The van der Waals surface area contributed by atoms with E-state index in [0.717, 1.165) is 6.07 Å². The molecule has 1 aromatic rings. The Morgan fingerprint density at radius 2 is 2.00 bits per heavy atom. The van der Waals surface area contributed by atoms with E-state index in [9.17, 15) is 22.8 Å². The Morgan fingerprint density at radius 3 is 2.57 bits per heavy atom. The first-order chi connectivity index (χ1) is 10.8. The van der Waals surface area contributed by atoms with Gasteiger partial charge in [0.2, 0.25) is 0 Å². The zero-order valence-corrected chi connectivity index (χ0v) is 12.1. The molecule has 126 valence electrons. The van der Waals surface area contributed by atoms with Gasteiger partial charge >= 0.3 is 12.2 Å². The number of nitrogens with zero attached hydrogens (tertiary/aromatic N) is 3. The highest BCUT2D eigenvalue weighted by molar-refractivity contribution is 5.93. The number of carbonyl (C=O) groups is 2. The summed E-state index contributed by atoms with van der Waals surface area (Å²) in [5.41, 5.74) is 3.92. The van der Waals surface area contributed by atoms with Crippen LogP contribution in [0.15, 0.2) is 6.07 Å². The average molecular weight is 331 g/mol. The number of nitrogens with one attached hydrogen (secondary N) is 1. The normalized spacial score (nSPS) is 21.5. The molecule has 23 heavy (non-hydrogen) atoms. The molecule has 7 nitrogen and oxygen atoms in total. The topological polar surface area (TPSA) is 93.2 Å². The first-order valence-electron chi connectivity index (χ1n) is 7.27. The van der Waals surface area contributed by atoms with E-state index in [1.807, 2.05) is 0 Å². The van der Waals surface area contributed by atoms with Crippen LogP contribution in [0.3, 0.4) is 0 Å². The average Bonchev–Trinajstić information content (AvgIpc) is 3.00. The van der Waals surface area contributed by atoms with Gasteiger partial charge in [-0.25, -0.2) is 4.79 Å². The van der Waals surface area contributed by atoms with Crippen molar-refractivity contribution in [2.24, 2.45) is 5.73 Å². The van der Waals surface area contributed by atoms with Crippen molar-refractivity contribution in [1.82, 2.24) is 20.0 Å². The summed E-state index contributed by atoms with van der Waals surface area (Å²) in [4.78, 5) is 24.8. The van der Waals surface area contributed by atoms with Crippen LogP contribution in [0.2, 0.25) is 0 Å². The molecule has 3 rings (SSSR count). The standard InChI is InChI=1S/C13H16F3N5O2/c14-13(15,16)10-5-9(21(19-10)8-1-2-8)11(22)20-4-3-7(6-20)18-12(17)23/h5,7-8H,1-4,6H2,(H3,17,18,23). The lowest BCUT2D eigenvalue weighted by Crippen LogP contribution is -2.41. The molecule has 2 fully saturated rings. The van der Waals surface area contributed by atoms with Gasteiger partial charge in [0.1, 0.15) is 5.69 Å². The van der Waals surface area contributed by atoms with Gasteiger partial charge in [0.05, 0.1) is 6.04 Å². The maximum Gasteiger partial charge on any atom is 0.435 e. The third kappa shape index (κ3) is 3.25. The molecule has 1 unspecified atom stereocenters. The van der Waals surface area contributed by atoms with Crippen LogP contribution >= 0.6 is 0 Å². The fourth-order valence-corrected chi connectivity index (χ4v) is 2.72. The molecule has 1 aromatic heterocycles. The molecule has 0 spiro atoms. The monoisotopic (exact) mass is 331 g/mol. The van der Waals surface area contributed by atoms with Gasteiger partial charge < -0.3 is 16.0 Å². The SMILES string of the molecule is NC(=O)NC1CCN(C(=O)c2cc(C(F)(F)F)nn2C2CC2)C1. The Hall–Kier alpha value is -2.26. The van der Waals surface area contributed by atoms with E-state index in [2.05, 4.69) is 10.4 Å². The predicted octanol–water partition coefficient (Wildman–Crippen LogP) is 1.12. The van der Waals surface area contributed by atoms with Crippen molar-refractivity contribution in [1.29, 1.82) is 0 Å². The molecule has 1 saturated carbocycles. The first kappa shape index (κ1) is 15.6. The fraction of sp³-hybridized carbons (Fsp3) is 0.615. The van der Waals surface area contributed by atoms with E-state index in [-0.39, 0.29) is 24.3 Å². The van der Waals surface area contributed by atoms with Crippen molar-refractivity contribution in [3.8, 4) is 0 Å². The number of amides is 3. The molecule has 0 bridgehead atoms. The highest BCUT2D eigenvalue weighted by Gasteiger charge is 2.40. The van der Waals surface area contributed by atoms with Crippen LogP contribution in [-0.4, -0.2) is 45.8 Å². The lowest BCUT2D eigenvalue weighted by molar-refractivity contribution is -0.141. The molecule has 0 aromatic carbocycles. The third-order valence-electron chi connectivity index (χ3n) is 3.96. The van der Waals surface area contributed by atoms with Crippen LogP contribution in [-0.2, 0) is 6.18 Å². The summed E-state index contributed by atoms with van der Waals surface area (Å²) in [5.74, 6) is -0.506. The van der Waals surface area contributed by atoms with Gasteiger partial charge in [-0.05, 0) is 19.3 Å². The van der Waals surface area contributed by atoms with E-state index in [1.54, 1.807) is 0 Å². The zero-order valence-electron chi connectivity index (χ0n) is 12.1. The molecule has 3 amide bonds. The number of aromatic nitrogens is 2. The minimum absolute atomic E-state index is 0.0560. The molecular formula is C13H16F3N5O2. The second kappa shape index (κ2) is 5.43. The van der Waals surface area contributed by atoms with Gasteiger partial charge in [-0.15, -0.1) is 0 Å². The first-order valence-corrected chi connectivity index (χ1v) is 7.27. The number of carbonyl (C=O) groups excluding carboxylic acids is 2. The lowest BCUT2D eigenvalue weighted by atomic mass is 10.3. The van der Waals surface area contributed by atoms with Crippen LogP contribution in [0.4, 0.5) is 18.0 Å². The second-order valence-electron chi connectivity index (χ2n) is 5.83. The van der Waals surface area contributed by atoms with Crippen LogP contribution < -0.4 is 11.1 Å². The number of likely N-dealkylation sites (tertiary alicyclic amines) is 1. The Kier molecular flexibility index (Phi) is 3.69. The number of rotatable bonds is 3. The van der Waals surface area contributed by atoms with Gasteiger partial charge in [0, 0.05) is 25.2 Å². The summed E-state index contributed by atoms with van der Waals surface area (Å²) in [6.45, 7) is 0.569. The number of hydrogen-bond acceptors (Lipinski definition) is 3.